The summed E-state index contributed by atoms with van der Waals surface area (Å²) in [6.45, 7) is 6.04. The summed E-state index contributed by atoms with van der Waals surface area (Å²) in [5.74, 6) is -1.27. The van der Waals surface area contributed by atoms with Crippen LogP contribution in [0.2, 0.25) is 5.02 Å². The number of carbonyl (C=O) groups is 2. The van der Waals surface area contributed by atoms with Gasteiger partial charge in [-0.25, -0.2) is 13.9 Å². The first kappa shape index (κ1) is 22.7. The normalized spacial score (nSPS) is 21.7. The van der Waals surface area contributed by atoms with Crippen LogP contribution < -0.4 is 0 Å². The number of likely N-dealkylation sites (tertiary alicyclic amines) is 2. The molecule has 0 bridgehead atoms. The van der Waals surface area contributed by atoms with Crippen molar-refractivity contribution in [3.05, 3.63) is 46.5 Å². The minimum atomic E-state index is -0.661. The highest BCUT2D eigenvalue weighted by atomic mass is 35.5. The molecule has 0 radical (unpaired) electrons. The number of halogens is 2. The summed E-state index contributed by atoms with van der Waals surface area (Å²) in [6.07, 6.45) is 5.52. The molecule has 4 rings (SSSR count). The van der Waals surface area contributed by atoms with Crippen LogP contribution in [0.15, 0.2) is 24.4 Å². The molecule has 0 spiro atoms. The Hall–Kier alpha value is -2.45. The van der Waals surface area contributed by atoms with E-state index in [1.807, 2.05) is 0 Å². The number of carbonyl (C=O) groups excluding carboxylic acids is 2. The van der Waals surface area contributed by atoms with E-state index in [1.54, 1.807) is 30.9 Å². The molecule has 2 aromatic rings. The molecule has 7 nitrogen and oxygen atoms in total. The molecule has 1 amide bonds. The maximum atomic E-state index is 14.5. The minimum absolute atomic E-state index is 0.0171. The maximum absolute atomic E-state index is 14.5. The van der Waals surface area contributed by atoms with Gasteiger partial charge in [0, 0.05) is 12.6 Å². The van der Waals surface area contributed by atoms with Gasteiger partial charge in [-0.05, 0) is 58.3 Å². The number of hydrogen-bond donors (Lipinski definition) is 0. The van der Waals surface area contributed by atoms with E-state index in [1.165, 1.54) is 23.4 Å². The van der Waals surface area contributed by atoms with Crippen LogP contribution in [-0.2, 0) is 9.53 Å². The molecule has 0 saturated carbocycles. The fourth-order valence-electron chi connectivity index (χ4n) is 4.82. The Morgan fingerprint density at radius 3 is 2.69 bits per heavy atom. The lowest BCUT2D eigenvalue weighted by atomic mass is 10.0. The minimum Gasteiger partial charge on any atom is -0.464 e. The van der Waals surface area contributed by atoms with E-state index in [-0.39, 0.29) is 35.2 Å². The highest BCUT2D eigenvalue weighted by Gasteiger charge is 2.46. The van der Waals surface area contributed by atoms with Crippen molar-refractivity contribution in [3.63, 3.8) is 0 Å². The Morgan fingerprint density at radius 1 is 1.22 bits per heavy atom. The van der Waals surface area contributed by atoms with Gasteiger partial charge in [0.1, 0.15) is 11.7 Å². The van der Waals surface area contributed by atoms with Gasteiger partial charge in [-0.15, -0.1) is 0 Å². The number of benzene rings is 1. The van der Waals surface area contributed by atoms with Gasteiger partial charge in [-0.2, -0.15) is 5.10 Å². The molecule has 1 aromatic carbocycles. The van der Waals surface area contributed by atoms with E-state index in [2.05, 4.69) is 10.00 Å². The first-order valence-corrected chi connectivity index (χ1v) is 11.5. The topological polar surface area (TPSA) is 67.7 Å². The van der Waals surface area contributed by atoms with Crippen LogP contribution in [0.25, 0.3) is 5.69 Å². The lowest BCUT2D eigenvalue weighted by Gasteiger charge is -2.36. The van der Waals surface area contributed by atoms with Gasteiger partial charge in [0.2, 0.25) is 0 Å². The van der Waals surface area contributed by atoms with Crippen LogP contribution in [0.3, 0.4) is 0 Å². The quantitative estimate of drug-likeness (QED) is 0.635. The Labute approximate surface area is 192 Å². The maximum Gasteiger partial charge on any atom is 0.330 e. The molecule has 0 aliphatic carbocycles. The molecule has 172 valence electrons. The van der Waals surface area contributed by atoms with Crippen LogP contribution in [0.5, 0.6) is 0 Å². The third-order valence-corrected chi connectivity index (χ3v) is 6.71. The van der Waals surface area contributed by atoms with Crippen molar-refractivity contribution in [2.45, 2.75) is 51.6 Å². The molecule has 2 fully saturated rings. The standard InChI is InChI=1S/C23H28ClFN4O3/c1-3-32-23(31)21-19(27-11-5-4-6-12-27)10-13-28(21)22(30)16-14-26-29(15(16)2)18-9-7-8-17(24)20(18)25/h7-9,14,19,21H,3-6,10-13H2,1-2H3/t19-,21+/m0/s1. The fraction of sp³-hybridized carbons (Fsp3) is 0.522. The van der Waals surface area contributed by atoms with Crippen molar-refractivity contribution in [1.82, 2.24) is 19.6 Å². The lowest BCUT2D eigenvalue weighted by Crippen LogP contribution is -2.53. The van der Waals surface area contributed by atoms with Crippen LogP contribution in [0.1, 0.15) is 48.7 Å². The van der Waals surface area contributed by atoms with Gasteiger partial charge in [0.05, 0.1) is 29.1 Å². The zero-order valence-corrected chi connectivity index (χ0v) is 19.1. The number of rotatable bonds is 5. The van der Waals surface area contributed by atoms with Crippen molar-refractivity contribution < 1.29 is 18.7 Å². The summed E-state index contributed by atoms with van der Waals surface area (Å²) >= 11 is 5.92. The number of nitrogens with zero attached hydrogens (tertiary/aromatic N) is 4. The smallest absolute Gasteiger partial charge is 0.330 e. The Balaban J connectivity index is 1.63. The van der Waals surface area contributed by atoms with E-state index < -0.39 is 11.9 Å². The van der Waals surface area contributed by atoms with Gasteiger partial charge in [-0.3, -0.25) is 9.69 Å². The second-order valence-electron chi connectivity index (χ2n) is 8.28. The first-order valence-electron chi connectivity index (χ1n) is 11.1. The van der Waals surface area contributed by atoms with Crippen molar-refractivity contribution >= 4 is 23.5 Å². The van der Waals surface area contributed by atoms with Gasteiger partial charge in [-0.1, -0.05) is 24.1 Å². The molecule has 0 N–H and O–H groups in total. The van der Waals surface area contributed by atoms with Gasteiger partial charge in [0.25, 0.3) is 5.91 Å². The van der Waals surface area contributed by atoms with Crippen LogP contribution in [0.4, 0.5) is 4.39 Å². The Bertz CT molecular complexity index is 1010. The molecular formula is C23H28ClFN4O3. The SMILES string of the molecule is CCOC(=O)[C@H]1[C@@H](N2CCCCC2)CCN1C(=O)c1cnn(-c2cccc(Cl)c2F)c1C. The van der Waals surface area contributed by atoms with Gasteiger partial charge < -0.3 is 9.64 Å². The zero-order valence-electron chi connectivity index (χ0n) is 18.4. The highest BCUT2D eigenvalue weighted by molar-refractivity contribution is 6.30. The summed E-state index contributed by atoms with van der Waals surface area (Å²) in [7, 11) is 0. The third-order valence-electron chi connectivity index (χ3n) is 6.41. The van der Waals surface area contributed by atoms with Crippen LogP contribution >= 0.6 is 11.6 Å². The molecule has 9 heteroatoms. The molecule has 3 heterocycles. The average Bonchev–Trinajstić information content (AvgIpc) is 3.40. The summed E-state index contributed by atoms with van der Waals surface area (Å²) in [4.78, 5) is 30.4. The van der Waals surface area contributed by atoms with E-state index in [4.69, 9.17) is 16.3 Å². The summed E-state index contributed by atoms with van der Waals surface area (Å²) in [5.41, 5.74) is 0.988. The molecule has 2 saturated heterocycles. The number of hydrogen-bond acceptors (Lipinski definition) is 5. The molecule has 1 aromatic heterocycles. The number of aromatic nitrogens is 2. The lowest BCUT2D eigenvalue weighted by molar-refractivity contribution is -0.149. The van der Waals surface area contributed by atoms with Crippen molar-refractivity contribution in [3.8, 4) is 5.69 Å². The fourth-order valence-corrected chi connectivity index (χ4v) is 4.99. The monoisotopic (exact) mass is 462 g/mol. The molecule has 2 atom stereocenters. The van der Waals surface area contributed by atoms with Crippen molar-refractivity contribution in [1.29, 1.82) is 0 Å². The zero-order chi connectivity index (χ0) is 22.8. The number of amides is 1. The van der Waals surface area contributed by atoms with Crippen LogP contribution in [-0.4, -0.2) is 69.8 Å². The van der Waals surface area contributed by atoms with E-state index in [0.29, 0.717) is 24.2 Å². The Morgan fingerprint density at radius 2 is 1.97 bits per heavy atom. The second-order valence-corrected chi connectivity index (χ2v) is 8.68. The molecule has 0 unspecified atom stereocenters. The predicted molar refractivity (Wildman–Crippen MR) is 119 cm³/mol. The average molecular weight is 463 g/mol. The summed E-state index contributed by atoms with van der Waals surface area (Å²) < 4.78 is 21.3. The predicted octanol–water partition coefficient (Wildman–Crippen LogP) is 3.61. The van der Waals surface area contributed by atoms with Crippen molar-refractivity contribution in [2.75, 3.05) is 26.2 Å². The molecule has 2 aliphatic rings. The largest absolute Gasteiger partial charge is 0.464 e. The van der Waals surface area contributed by atoms with E-state index >= 15 is 0 Å². The molecular weight excluding hydrogens is 435 g/mol. The third kappa shape index (κ3) is 4.13. The number of piperidine rings is 1. The van der Waals surface area contributed by atoms with E-state index in [0.717, 1.165) is 25.9 Å². The first-order chi connectivity index (χ1) is 15.4. The van der Waals surface area contributed by atoms with Gasteiger partial charge >= 0.3 is 5.97 Å². The molecule has 32 heavy (non-hydrogen) atoms. The number of esters is 1. The second kappa shape index (κ2) is 9.58. The van der Waals surface area contributed by atoms with Gasteiger partial charge in [0.15, 0.2) is 5.82 Å². The van der Waals surface area contributed by atoms with Crippen molar-refractivity contribution in [2.24, 2.45) is 0 Å². The van der Waals surface area contributed by atoms with Crippen LogP contribution in [0, 0.1) is 12.7 Å². The Kier molecular flexibility index (Phi) is 6.81. The van der Waals surface area contributed by atoms with E-state index in [9.17, 15) is 14.0 Å². The highest BCUT2D eigenvalue weighted by Crippen LogP contribution is 2.30. The summed E-state index contributed by atoms with van der Waals surface area (Å²) in [6, 6.07) is 3.92. The molecule has 2 aliphatic heterocycles. The number of ether oxygens (including phenoxy) is 1. The summed E-state index contributed by atoms with van der Waals surface area (Å²) in [5, 5.41) is 4.22.